The molecule has 0 spiro atoms. The minimum absolute atomic E-state index is 0.00646. The van der Waals surface area contributed by atoms with E-state index in [-0.39, 0.29) is 6.04 Å². The topological polar surface area (TPSA) is 54.7 Å². The molecule has 1 heterocycles. The maximum atomic E-state index is 6.11. The second kappa shape index (κ2) is 5.42. The zero-order valence-corrected chi connectivity index (χ0v) is 12.4. The fourth-order valence-corrected chi connectivity index (χ4v) is 2.88. The zero-order chi connectivity index (χ0) is 12.4. The second-order valence-electron chi connectivity index (χ2n) is 4.13. The van der Waals surface area contributed by atoms with Crippen LogP contribution in [-0.2, 0) is 0 Å². The first-order chi connectivity index (χ1) is 8.11. The number of benzene rings is 1. The SMILES string of the molecule is CSCCC(N)c1nc2c(C)cc(Br)cc2[nH]1. The first-order valence-electron chi connectivity index (χ1n) is 5.52. The van der Waals surface area contributed by atoms with Gasteiger partial charge in [-0.1, -0.05) is 15.9 Å². The van der Waals surface area contributed by atoms with Gasteiger partial charge in [-0.3, -0.25) is 0 Å². The lowest BCUT2D eigenvalue weighted by Crippen LogP contribution is -2.12. The molecule has 1 aromatic heterocycles. The number of imidazole rings is 1. The Labute approximate surface area is 114 Å². The largest absolute Gasteiger partial charge is 0.341 e. The lowest BCUT2D eigenvalue weighted by Gasteiger charge is -2.06. The minimum Gasteiger partial charge on any atom is -0.341 e. The third-order valence-electron chi connectivity index (χ3n) is 2.74. The van der Waals surface area contributed by atoms with Gasteiger partial charge in [0.25, 0.3) is 0 Å². The highest BCUT2D eigenvalue weighted by Crippen LogP contribution is 2.24. The summed E-state index contributed by atoms with van der Waals surface area (Å²) in [6, 6.07) is 4.11. The molecule has 17 heavy (non-hydrogen) atoms. The second-order valence-corrected chi connectivity index (χ2v) is 6.03. The number of hydrogen-bond acceptors (Lipinski definition) is 3. The molecule has 2 rings (SSSR count). The summed E-state index contributed by atoms with van der Waals surface area (Å²) in [4.78, 5) is 7.91. The van der Waals surface area contributed by atoms with Gasteiger partial charge >= 0.3 is 0 Å². The first-order valence-corrected chi connectivity index (χ1v) is 7.70. The number of nitrogens with one attached hydrogen (secondary N) is 1. The summed E-state index contributed by atoms with van der Waals surface area (Å²) in [6.45, 7) is 2.06. The van der Waals surface area contributed by atoms with Crippen molar-refractivity contribution >= 4 is 38.7 Å². The standard InChI is InChI=1S/C12H16BrN3S/c1-7-5-8(13)6-10-11(7)16-12(15-10)9(14)3-4-17-2/h5-6,9H,3-4,14H2,1-2H3,(H,15,16). The minimum atomic E-state index is -0.00646. The Bertz CT molecular complexity index is 524. The molecule has 0 saturated heterocycles. The number of aromatic amines is 1. The monoisotopic (exact) mass is 313 g/mol. The highest BCUT2D eigenvalue weighted by Gasteiger charge is 2.12. The fourth-order valence-electron chi connectivity index (χ4n) is 1.82. The lowest BCUT2D eigenvalue weighted by molar-refractivity contribution is 0.666. The van der Waals surface area contributed by atoms with Crippen LogP contribution in [0.4, 0.5) is 0 Å². The lowest BCUT2D eigenvalue weighted by atomic mass is 10.2. The highest BCUT2D eigenvalue weighted by atomic mass is 79.9. The van der Waals surface area contributed by atoms with Crippen molar-refractivity contribution in [3.05, 3.63) is 28.0 Å². The number of nitrogens with zero attached hydrogens (tertiary/aromatic N) is 1. The Balaban J connectivity index is 2.34. The summed E-state index contributed by atoms with van der Waals surface area (Å²) in [7, 11) is 0. The molecule has 0 aliphatic heterocycles. The third kappa shape index (κ3) is 2.84. The van der Waals surface area contributed by atoms with Crippen molar-refractivity contribution in [2.75, 3.05) is 12.0 Å². The van der Waals surface area contributed by atoms with E-state index in [1.807, 2.05) is 17.8 Å². The average molecular weight is 314 g/mol. The van der Waals surface area contributed by atoms with Crippen molar-refractivity contribution in [2.24, 2.45) is 5.73 Å². The fraction of sp³-hybridized carbons (Fsp3) is 0.417. The molecule has 5 heteroatoms. The van der Waals surface area contributed by atoms with Crippen LogP contribution in [-0.4, -0.2) is 22.0 Å². The van der Waals surface area contributed by atoms with E-state index in [0.29, 0.717) is 0 Å². The van der Waals surface area contributed by atoms with E-state index in [9.17, 15) is 0 Å². The predicted molar refractivity (Wildman–Crippen MR) is 78.5 cm³/mol. The Morgan fingerprint density at radius 1 is 1.53 bits per heavy atom. The number of aryl methyl sites for hydroxylation is 1. The Morgan fingerprint density at radius 3 is 3.00 bits per heavy atom. The Kier molecular flexibility index (Phi) is 4.12. The zero-order valence-electron chi connectivity index (χ0n) is 9.96. The number of rotatable bonds is 4. The summed E-state index contributed by atoms with van der Waals surface area (Å²) >= 11 is 5.30. The van der Waals surface area contributed by atoms with Gasteiger partial charge in [-0.2, -0.15) is 11.8 Å². The normalized spacial score (nSPS) is 13.2. The van der Waals surface area contributed by atoms with E-state index < -0.39 is 0 Å². The maximum absolute atomic E-state index is 6.11. The quantitative estimate of drug-likeness (QED) is 0.909. The van der Waals surface area contributed by atoms with Crippen molar-refractivity contribution in [3.8, 4) is 0 Å². The van der Waals surface area contributed by atoms with Crippen molar-refractivity contribution in [2.45, 2.75) is 19.4 Å². The number of H-pyrrole nitrogens is 1. The van der Waals surface area contributed by atoms with Crippen LogP contribution in [0.15, 0.2) is 16.6 Å². The number of nitrogens with two attached hydrogens (primary N) is 1. The van der Waals surface area contributed by atoms with Gasteiger partial charge < -0.3 is 10.7 Å². The molecular weight excluding hydrogens is 298 g/mol. The van der Waals surface area contributed by atoms with Gasteiger partial charge in [0.1, 0.15) is 5.82 Å². The van der Waals surface area contributed by atoms with Crippen LogP contribution in [0.25, 0.3) is 11.0 Å². The third-order valence-corrected chi connectivity index (χ3v) is 3.85. The summed E-state index contributed by atoms with van der Waals surface area (Å²) < 4.78 is 1.07. The summed E-state index contributed by atoms with van der Waals surface area (Å²) in [6.07, 6.45) is 3.04. The van der Waals surface area contributed by atoms with E-state index in [1.54, 1.807) is 0 Å². The molecule has 3 nitrogen and oxygen atoms in total. The molecule has 1 aromatic carbocycles. The van der Waals surface area contributed by atoms with Crippen LogP contribution in [0.2, 0.25) is 0 Å². The average Bonchev–Trinajstić information content (AvgIpc) is 2.69. The van der Waals surface area contributed by atoms with Crippen LogP contribution in [0.1, 0.15) is 23.9 Å². The molecule has 0 saturated carbocycles. The van der Waals surface area contributed by atoms with E-state index in [4.69, 9.17) is 5.73 Å². The van der Waals surface area contributed by atoms with Gasteiger partial charge in [0.15, 0.2) is 0 Å². The van der Waals surface area contributed by atoms with Gasteiger partial charge in [-0.05, 0) is 43.0 Å². The van der Waals surface area contributed by atoms with Crippen molar-refractivity contribution in [1.82, 2.24) is 9.97 Å². The summed E-state index contributed by atoms with van der Waals surface area (Å²) in [5.74, 6) is 1.94. The summed E-state index contributed by atoms with van der Waals surface area (Å²) in [5, 5.41) is 0. The molecule has 0 amide bonds. The van der Waals surface area contributed by atoms with Gasteiger partial charge in [0, 0.05) is 4.47 Å². The van der Waals surface area contributed by atoms with Crippen LogP contribution in [0.5, 0.6) is 0 Å². The highest BCUT2D eigenvalue weighted by molar-refractivity contribution is 9.10. The van der Waals surface area contributed by atoms with E-state index in [0.717, 1.165) is 39.1 Å². The van der Waals surface area contributed by atoms with Crippen LogP contribution >= 0.6 is 27.7 Å². The molecule has 2 aromatic rings. The molecule has 0 bridgehead atoms. The van der Waals surface area contributed by atoms with Crippen LogP contribution in [0, 0.1) is 6.92 Å². The molecular formula is C12H16BrN3S. The molecule has 0 aliphatic rings. The molecule has 3 N–H and O–H groups in total. The maximum Gasteiger partial charge on any atom is 0.124 e. The van der Waals surface area contributed by atoms with Crippen molar-refractivity contribution in [1.29, 1.82) is 0 Å². The Hall–Kier alpha value is -0.520. The Morgan fingerprint density at radius 2 is 2.29 bits per heavy atom. The number of fused-ring (bicyclic) bond motifs is 1. The molecule has 0 aliphatic carbocycles. The smallest absolute Gasteiger partial charge is 0.124 e. The van der Waals surface area contributed by atoms with Crippen LogP contribution < -0.4 is 5.73 Å². The molecule has 0 radical (unpaired) electrons. The van der Waals surface area contributed by atoms with E-state index in [2.05, 4.69) is 45.1 Å². The van der Waals surface area contributed by atoms with E-state index in [1.165, 1.54) is 0 Å². The summed E-state index contributed by atoms with van der Waals surface area (Å²) in [5.41, 5.74) is 9.34. The van der Waals surface area contributed by atoms with Crippen molar-refractivity contribution in [3.63, 3.8) is 0 Å². The molecule has 1 unspecified atom stereocenters. The van der Waals surface area contributed by atoms with Gasteiger partial charge in [-0.25, -0.2) is 4.98 Å². The number of aromatic nitrogens is 2. The van der Waals surface area contributed by atoms with Gasteiger partial charge in [-0.15, -0.1) is 0 Å². The van der Waals surface area contributed by atoms with E-state index >= 15 is 0 Å². The number of thioether (sulfide) groups is 1. The number of halogens is 1. The number of hydrogen-bond donors (Lipinski definition) is 2. The van der Waals surface area contributed by atoms with Gasteiger partial charge in [0.05, 0.1) is 17.1 Å². The molecule has 1 atom stereocenters. The van der Waals surface area contributed by atoms with Crippen LogP contribution in [0.3, 0.4) is 0 Å². The first kappa shape index (κ1) is 12.9. The molecule has 92 valence electrons. The van der Waals surface area contributed by atoms with Crippen molar-refractivity contribution < 1.29 is 0 Å². The van der Waals surface area contributed by atoms with Gasteiger partial charge in [0.2, 0.25) is 0 Å². The molecule has 0 fully saturated rings. The predicted octanol–water partition coefficient (Wildman–Crippen LogP) is 3.39.